The van der Waals surface area contributed by atoms with Gasteiger partial charge in [-0.25, -0.2) is 0 Å². The first-order valence-electron chi connectivity index (χ1n) is 13.4. The number of hydrogen-bond acceptors (Lipinski definition) is 4. The second kappa shape index (κ2) is 10.7. The molecular formula is C29H36F3N3O2. The number of likely N-dealkylation sites (tertiary alicyclic amines) is 2. The highest BCUT2D eigenvalue weighted by atomic mass is 19.4. The van der Waals surface area contributed by atoms with Crippen molar-refractivity contribution in [1.82, 2.24) is 9.80 Å². The van der Waals surface area contributed by atoms with Crippen molar-refractivity contribution in [3.63, 3.8) is 0 Å². The summed E-state index contributed by atoms with van der Waals surface area (Å²) in [4.78, 5) is 16.3. The number of carbonyl (C=O) groups excluding carboxylic acids is 1. The van der Waals surface area contributed by atoms with Gasteiger partial charge in [0.2, 0.25) is 0 Å². The van der Waals surface area contributed by atoms with Crippen LogP contribution in [0.4, 0.5) is 18.9 Å². The molecule has 3 aliphatic rings. The van der Waals surface area contributed by atoms with Gasteiger partial charge in [0.05, 0.1) is 11.5 Å². The number of halogens is 3. The van der Waals surface area contributed by atoms with Gasteiger partial charge in [0.1, 0.15) is 0 Å². The van der Waals surface area contributed by atoms with Crippen LogP contribution in [0.1, 0.15) is 48.9 Å². The van der Waals surface area contributed by atoms with Gasteiger partial charge in [-0.2, -0.15) is 13.2 Å². The summed E-state index contributed by atoms with van der Waals surface area (Å²) >= 11 is 0. The lowest BCUT2D eigenvalue weighted by molar-refractivity contribution is -0.256. The Labute approximate surface area is 216 Å². The molecule has 2 saturated heterocycles. The largest absolute Gasteiger partial charge is 0.395 e. The van der Waals surface area contributed by atoms with E-state index in [1.807, 2.05) is 53.4 Å². The van der Waals surface area contributed by atoms with Crippen molar-refractivity contribution in [3.05, 3.63) is 54.1 Å². The Morgan fingerprint density at radius 2 is 1.57 bits per heavy atom. The lowest BCUT2D eigenvalue weighted by Gasteiger charge is -2.47. The molecular weight excluding hydrogens is 479 g/mol. The van der Waals surface area contributed by atoms with Crippen LogP contribution in [-0.4, -0.2) is 72.4 Å². The molecule has 5 nitrogen and oxygen atoms in total. The quantitative estimate of drug-likeness (QED) is 0.517. The molecule has 2 N–H and O–H groups in total. The van der Waals surface area contributed by atoms with Crippen molar-refractivity contribution in [1.29, 1.82) is 0 Å². The summed E-state index contributed by atoms with van der Waals surface area (Å²) < 4.78 is 40.5. The molecule has 1 unspecified atom stereocenters. The zero-order chi connectivity index (χ0) is 26.0. The van der Waals surface area contributed by atoms with Crippen LogP contribution >= 0.6 is 0 Å². The Balaban J connectivity index is 1.08. The molecule has 8 heteroatoms. The van der Waals surface area contributed by atoms with E-state index in [0.29, 0.717) is 37.4 Å². The monoisotopic (exact) mass is 515 g/mol. The average molecular weight is 516 g/mol. The number of nitrogens with one attached hydrogen (secondary N) is 1. The predicted octanol–water partition coefficient (Wildman–Crippen LogP) is 5.42. The number of hydrogen-bond donors (Lipinski definition) is 2. The minimum atomic E-state index is -4.09. The summed E-state index contributed by atoms with van der Waals surface area (Å²) in [6, 6.07) is 15.7. The van der Waals surface area contributed by atoms with Gasteiger partial charge in [-0.05, 0) is 86.5 Å². The van der Waals surface area contributed by atoms with Crippen LogP contribution in [0.2, 0.25) is 0 Å². The highest BCUT2D eigenvalue weighted by Crippen LogP contribution is 2.53. The maximum Gasteiger partial charge on any atom is 0.395 e. The number of benzene rings is 2. The van der Waals surface area contributed by atoms with Crippen molar-refractivity contribution in [2.45, 2.75) is 50.8 Å². The van der Waals surface area contributed by atoms with E-state index in [2.05, 4.69) is 5.32 Å². The summed E-state index contributed by atoms with van der Waals surface area (Å²) in [6.07, 6.45) is -0.806. The van der Waals surface area contributed by atoms with Crippen LogP contribution in [-0.2, 0) is 0 Å². The molecule has 1 atom stereocenters. The molecule has 1 saturated carbocycles. The molecule has 1 amide bonds. The zero-order valence-electron chi connectivity index (χ0n) is 21.1. The average Bonchev–Trinajstić information content (AvgIpc) is 3.31. The van der Waals surface area contributed by atoms with Gasteiger partial charge in [-0.3, -0.25) is 4.79 Å². The fourth-order valence-corrected chi connectivity index (χ4v) is 5.87. The molecule has 200 valence electrons. The number of anilines is 1. The van der Waals surface area contributed by atoms with Crippen LogP contribution in [0, 0.1) is 11.3 Å². The normalized spacial score (nSPS) is 22.6. The number of aliphatic hydroxyl groups excluding tert-OH is 1. The third kappa shape index (κ3) is 5.80. The molecule has 3 fully saturated rings. The topological polar surface area (TPSA) is 55.8 Å². The maximum atomic E-state index is 13.5. The Kier molecular flexibility index (Phi) is 7.50. The van der Waals surface area contributed by atoms with Gasteiger partial charge in [0.15, 0.2) is 0 Å². The number of nitrogens with zero attached hydrogens (tertiary/aromatic N) is 2. The second-order valence-electron chi connectivity index (χ2n) is 11.1. The third-order valence-corrected chi connectivity index (χ3v) is 8.54. The van der Waals surface area contributed by atoms with Crippen molar-refractivity contribution in [3.8, 4) is 11.1 Å². The molecule has 1 aliphatic carbocycles. The van der Waals surface area contributed by atoms with Crippen molar-refractivity contribution in [2.75, 3.05) is 44.6 Å². The summed E-state index contributed by atoms with van der Waals surface area (Å²) in [7, 11) is 0. The number of carbonyl (C=O) groups is 1. The Bertz CT molecular complexity index is 1060. The second-order valence-corrected chi connectivity index (χ2v) is 11.1. The summed E-state index contributed by atoms with van der Waals surface area (Å²) in [6.45, 7) is 3.44. The van der Waals surface area contributed by atoms with Crippen LogP contribution in [0.15, 0.2) is 48.5 Å². The first-order chi connectivity index (χ1) is 17.7. The molecule has 5 rings (SSSR count). The SMILES string of the molecule is O=C(c1ccc(-c2ccc(NCC3CCN(CC4(C(F)(F)F)CCC4)CC3)cc2)cc1)N1CCC(O)C1. The van der Waals surface area contributed by atoms with Gasteiger partial charge in [0.25, 0.3) is 5.91 Å². The minimum absolute atomic E-state index is 0.0450. The van der Waals surface area contributed by atoms with Crippen molar-refractivity contribution < 1.29 is 23.1 Å². The fourth-order valence-electron chi connectivity index (χ4n) is 5.87. The molecule has 2 aromatic carbocycles. The molecule has 2 heterocycles. The van der Waals surface area contributed by atoms with E-state index in [-0.39, 0.29) is 25.3 Å². The number of piperidine rings is 1. The lowest BCUT2D eigenvalue weighted by Crippen LogP contribution is -2.53. The Hall–Kier alpha value is -2.58. The Morgan fingerprint density at radius 3 is 2.08 bits per heavy atom. The highest BCUT2D eigenvalue weighted by Gasteiger charge is 2.58. The van der Waals surface area contributed by atoms with Crippen molar-refractivity contribution >= 4 is 11.6 Å². The number of aliphatic hydroxyl groups is 1. The molecule has 0 radical (unpaired) electrons. The smallest absolute Gasteiger partial charge is 0.391 e. The van der Waals surface area contributed by atoms with Crippen LogP contribution in [0.5, 0.6) is 0 Å². The summed E-state index contributed by atoms with van der Waals surface area (Å²) in [5.41, 5.74) is 2.27. The highest BCUT2D eigenvalue weighted by molar-refractivity contribution is 5.95. The zero-order valence-corrected chi connectivity index (χ0v) is 21.1. The van der Waals surface area contributed by atoms with Gasteiger partial charge in [0, 0.05) is 37.4 Å². The maximum absolute atomic E-state index is 13.5. The first-order valence-corrected chi connectivity index (χ1v) is 13.4. The number of amides is 1. The van der Waals surface area contributed by atoms with Crippen LogP contribution in [0.3, 0.4) is 0 Å². The first kappa shape index (κ1) is 26.0. The van der Waals surface area contributed by atoms with E-state index in [1.165, 1.54) is 0 Å². The summed E-state index contributed by atoms with van der Waals surface area (Å²) in [5.74, 6) is 0.414. The molecule has 0 spiro atoms. The standard InChI is InChI=1S/C29H36F3N3O2/c30-29(31,32)28(13-1-14-28)20-34-15-10-21(11-16-34)18-33-25-8-6-23(7-9-25)22-2-4-24(5-3-22)27(37)35-17-12-26(36)19-35/h2-9,21,26,33,36H,1,10-20H2. The lowest BCUT2D eigenvalue weighted by atomic mass is 9.67. The van der Waals surface area contributed by atoms with E-state index in [0.717, 1.165) is 49.3 Å². The van der Waals surface area contributed by atoms with E-state index in [4.69, 9.17) is 0 Å². The van der Waals surface area contributed by atoms with Crippen molar-refractivity contribution in [2.24, 2.45) is 11.3 Å². The molecule has 0 bridgehead atoms. The molecule has 37 heavy (non-hydrogen) atoms. The van der Waals surface area contributed by atoms with Gasteiger partial charge in [-0.1, -0.05) is 30.7 Å². The summed E-state index contributed by atoms with van der Waals surface area (Å²) in [5, 5.41) is 13.2. The van der Waals surface area contributed by atoms with E-state index in [9.17, 15) is 23.1 Å². The third-order valence-electron chi connectivity index (χ3n) is 8.54. The van der Waals surface area contributed by atoms with Crippen LogP contribution < -0.4 is 5.32 Å². The predicted molar refractivity (Wildman–Crippen MR) is 138 cm³/mol. The van der Waals surface area contributed by atoms with Gasteiger partial charge in [-0.15, -0.1) is 0 Å². The fraction of sp³-hybridized carbons (Fsp3) is 0.552. The van der Waals surface area contributed by atoms with E-state index in [1.54, 1.807) is 4.90 Å². The van der Waals surface area contributed by atoms with E-state index < -0.39 is 17.7 Å². The number of rotatable bonds is 7. The Morgan fingerprint density at radius 1 is 0.946 bits per heavy atom. The molecule has 2 aromatic rings. The number of β-amino-alcohol motifs (C(OH)–C–C–N with tert-alkyl or cyclic N) is 1. The molecule has 2 aliphatic heterocycles. The van der Waals surface area contributed by atoms with E-state index >= 15 is 0 Å². The van der Waals surface area contributed by atoms with Gasteiger partial charge >= 0.3 is 6.18 Å². The molecule has 0 aromatic heterocycles. The van der Waals surface area contributed by atoms with Gasteiger partial charge < -0.3 is 20.2 Å². The minimum Gasteiger partial charge on any atom is -0.391 e. The van der Waals surface area contributed by atoms with Crippen LogP contribution in [0.25, 0.3) is 11.1 Å². The number of alkyl halides is 3.